The van der Waals surface area contributed by atoms with Crippen molar-refractivity contribution in [2.24, 2.45) is 0 Å². The van der Waals surface area contributed by atoms with Gasteiger partial charge in [-0.2, -0.15) is 0 Å². The van der Waals surface area contributed by atoms with Crippen LogP contribution in [0.15, 0.2) is 72.8 Å². The third-order valence-electron chi connectivity index (χ3n) is 5.86. The molecule has 0 saturated carbocycles. The highest BCUT2D eigenvalue weighted by molar-refractivity contribution is 6.34. The van der Waals surface area contributed by atoms with Crippen LogP contribution in [0.3, 0.4) is 0 Å². The fourth-order valence-electron chi connectivity index (χ4n) is 4.33. The van der Waals surface area contributed by atoms with Gasteiger partial charge >= 0.3 is 0 Å². The topological polar surface area (TPSA) is 66.5 Å². The number of benzene rings is 3. The van der Waals surface area contributed by atoms with E-state index in [0.29, 0.717) is 22.4 Å². The smallest absolute Gasteiger partial charge is 0.266 e. The maximum atomic E-state index is 12.8. The van der Waals surface area contributed by atoms with E-state index in [4.69, 9.17) is 0 Å². The Labute approximate surface area is 174 Å². The molecule has 0 fully saturated rings. The van der Waals surface area contributed by atoms with Gasteiger partial charge in [0.25, 0.3) is 17.7 Å². The van der Waals surface area contributed by atoms with E-state index in [9.17, 15) is 14.4 Å². The van der Waals surface area contributed by atoms with Crippen molar-refractivity contribution in [3.63, 3.8) is 0 Å². The molecule has 5 heteroatoms. The standard InChI is InChI=1S/C25H20N2O3/c28-23(26-22-11-5-7-16-6-1-2-8-19(16)22)17-12-14-18(15-13-17)27-24(29)20-9-3-4-10-21(20)25(27)30/h1-4,6,8-10,12-15,22H,5,7,11H2,(H,26,28)/t22-/m0/s1. The number of fused-ring (bicyclic) bond motifs is 2. The molecule has 1 atom stereocenters. The molecule has 0 spiro atoms. The van der Waals surface area contributed by atoms with Crippen LogP contribution in [0.1, 0.15) is 61.1 Å². The van der Waals surface area contributed by atoms with E-state index in [2.05, 4.69) is 17.4 Å². The quantitative estimate of drug-likeness (QED) is 0.672. The van der Waals surface area contributed by atoms with Crippen LogP contribution in [0.4, 0.5) is 5.69 Å². The number of anilines is 1. The van der Waals surface area contributed by atoms with Crippen LogP contribution < -0.4 is 10.2 Å². The van der Waals surface area contributed by atoms with Gasteiger partial charge in [0, 0.05) is 5.56 Å². The van der Waals surface area contributed by atoms with Crippen LogP contribution in [0.5, 0.6) is 0 Å². The van der Waals surface area contributed by atoms with Crippen LogP contribution in [0, 0.1) is 0 Å². The van der Waals surface area contributed by atoms with E-state index in [0.717, 1.165) is 24.2 Å². The van der Waals surface area contributed by atoms with Crippen molar-refractivity contribution in [1.29, 1.82) is 0 Å². The second-order valence-electron chi connectivity index (χ2n) is 7.66. The average Bonchev–Trinajstić information content (AvgIpc) is 3.04. The number of nitrogens with one attached hydrogen (secondary N) is 1. The number of carbonyl (C=O) groups is 3. The summed E-state index contributed by atoms with van der Waals surface area (Å²) in [6.07, 6.45) is 2.99. The first-order chi connectivity index (χ1) is 14.6. The van der Waals surface area contributed by atoms with E-state index in [1.165, 1.54) is 11.1 Å². The average molecular weight is 396 g/mol. The molecule has 0 aromatic heterocycles. The Bertz CT molecular complexity index is 1130. The summed E-state index contributed by atoms with van der Waals surface area (Å²) in [6, 6.07) is 21.6. The number of aryl methyl sites for hydroxylation is 1. The Kier molecular flexibility index (Phi) is 4.43. The number of amides is 3. The molecular formula is C25H20N2O3. The maximum Gasteiger partial charge on any atom is 0.266 e. The highest BCUT2D eigenvalue weighted by Crippen LogP contribution is 2.31. The molecule has 148 valence electrons. The van der Waals surface area contributed by atoms with Crippen LogP contribution in [0.25, 0.3) is 0 Å². The minimum absolute atomic E-state index is 0.00152. The second-order valence-corrected chi connectivity index (χ2v) is 7.66. The summed E-state index contributed by atoms with van der Waals surface area (Å²) in [4.78, 5) is 39.2. The Morgan fingerprint density at radius 1 is 0.833 bits per heavy atom. The summed E-state index contributed by atoms with van der Waals surface area (Å²) in [5.74, 6) is -0.844. The van der Waals surface area contributed by atoms with E-state index >= 15 is 0 Å². The minimum Gasteiger partial charge on any atom is -0.345 e. The SMILES string of the molecule is O=C(N[C@H]1CCCc2ccccc21)c1ccc(N2C(=O)c3ccccc3C2=O)cc1. The van der Waals surface area contributed by atoms with Crippen molar-refractivity contribution in [3.05, 3.63) is 101 Å². The lowest BCUT2D eigenvalue weighted by Gasteiger charge is -2.26. The zero-order chi connectivity index (χ0) is 20.7. The molecule has 0 bridgehead atoms. The van der Waals surface area contributed by atoms with Gasteiger partial charge < -0.3 is 5.32 Å². The maximum absolute atomic E-state index is 12.8. The summed E-state index contributed by atoms with van der Waals surface area (Å²) in [5.41, 5.74) is 4.23. The van der Waals surface area contributed by atoms with Crippen molar-refractivity contribution < 1.29 is 14.4 Å². The third-order valence-corrected chi connectivity index (χ3v) is 5.86. The molecular weight excluding hydrogens is 376 g/mol. The third kappa shape index (κ3) is 2.99. The summed E-state index contributed by atoms with van der Waals surface area (Å²) >= 11 is 0. The lowest BCUT2D eigenvalue weighted by Crippen LogP contribution is -2.31. The number of rotatable bonds is 3. The van der Waals surface area contributed by atoms with Crippen molar-refractivity contribution >= 4 is 23.4 Å². The van der Waals surface area contributed by atoms with Crippen LogP contribution in [-0.4, -0.2) is 17.7 Å². The Balaban J connectivity index is 1.35. The lowest BCUT2D eigenvalue weighted by atomic mass is 9.87. The Morgan fingerprint density at radius 2 is 1.47 bits per heavy atom. The first-order valence-electron chi connectivity index (χ1n) is 10.1. The van der Waals surface area contributed by atoms with E-state index < -0.39 is 0 Å². The molecule has 0 unspecified atom stereocenters. The molecule has 1 N–H and O–H groups in total. The van der Waals surface area contributed by atoms with Crippen molar-refractivity contribution in [2.45, 2.75) is 25.3 Å². The molecule has 3 amide bonds. The summed E-state index contributed by atoms with van der Waals surface area (Å²) in [5, 5.41) is 3.13. The van der Waals surface area contributed by atoms with Gasteiger partial charge in [0.15, 0.2) is 0 Å². The van der Waals surface area contributed by atoms with Gasteiger partial charge in [-0.3, -0.25) is 14.4 Å². The van der Waals surface area contributed by atoms with Gasteiger partial charge in [-0.25, -0.2) is 4.90 Å². The zero-order valence-electron chi connectivity index (χ0n) is 16.3. The predicted octanol–water partition coefficient (Wildman–Crippen LogP) is 4.29. The monoisotopic (exact) mass is 396 g/mol. The number of imide groups is 1. The lowest BCUT2D eigenvalue weighted by molar-refractivity contribution is 0.0919. The summed E-state index contributed by atoms with van der Waals surface area (Å²) in [6.45, 7) is 0. The fraction of sp³-hybridized carbons (Fsp3) is 0.160. The molecule has 3 aromatic rings. The van der Waals surface area contributed by atoms with Gasteiger partial charge in [0.2, 0.25) is 0 Å². The highest BCUT2D eigenvalue weighted by atomic mass is 16.2. The molecule has 1 aliphatic heterocycles. The molecule has 0 radical (unpaired) electrons. The first-order valence-corrected chi connectivity index (χ1v) is 10.1. The van der Waals surface area contributed by atoms with E-state index in [1.807, 2.05) is 12.1 Å². The van der Waals surface area contributed by atoms with Gasteiger partial charge in [0.1, 0.15) is 0 Å². The van der Waals surface area contributed by atoms with Crippen LogP contribution >= 0.6 is 0 Å². The van der Waals surface area contributed by atoms with Gasteiger partial charge in [-0.15, -0.1) is 0 Å². The second kappa shape index (κ2) is 7.26. The highest BCUT2D eigenvalue weighted by Gasteiger charge is 2.36. The molecule has 5 nitrogen and oxygen atoms in total. The summed E-state index contributed by atoms with van der Waals surface area (Å²) < 4.78 is 0. The van der Waals surface area contributed by atoms with Gasteiger partial charge in [-0.05, 0) is 66.8 Å². The summed E-state index contributed by atoms with van der Waals surface area (Å²) in [7, 11) is 0. The molecule has 1 aliphatic carbocycles. The molecule has 3 aromatic carbocycles. The van der Waals surface area contributed by atoms with Crippen molar-refractivity contribution in [1.82, 2.24) is 5.32 Å². The number of hydrogen-bond donors (Lipinski definition) is 1. The molecule has 30 heavy (non-hydrogen) atoms. The molecule has 2 aliphatic rings. The van der Waals surface area contributed by atoms with E-state index in [1.54, 1.807) is 48.5 Å². The normalized spacial score (nSPS) is 17.5. The molecule has 0 saturated heterocycles. The van der Waals surface area contributed by atoms with Crippen molar-refractivity contribution in [2.75, 3.05) is 4.90 Å². The zero-order valence-corrected chi connectivity index (χ0v) is 16.3. The number of carbonyl (C=O) groups excluding carboxylic acids is 3. The largest absolute Gasteiger partial charge is 0.345 e. The van der Waals surface area contributed by atoms with E-state index in [-0.39, 0.29) is 23.8 Å². The van der Waals surface area contributed by atoms with Crippen LogP contribution in [-0.2, 0) is 6.42 Å². The minimum atomic E-state index is -0.341. The van der Waals surface area contributed by atoms with Gasteiger partial charge in [-0.1, -0.05) is 36.4 Å². The molecule has 1 heterocycles. The number of hydrogen-bond acceptors (Lipinski definition) is 3. The van der Waals surface area contributed by atoms with Crippen LogP contribution in [0.2, 0.25) is 0 Å². The fourth-order valence-corrected chi connectivity index (χ4v) is 4.33. The Hall–Kier alpha value is -3.73. The van der Waals surface area contributed by atoms with Gasteiger partial charge in [0.05, 0.1) is 22.9 Å². The number of nitrogens with zero attached hydrogens (tertiary/aromatic N) is 1. The Morgan fingerprint density at radius 3 is 2.17 bits per heavy atom. The predicted molar refractivity (Wildman–Crippen MR) is 114 cm³/mol. The molecule has 5 rings (SSSR count). The van der Waals surface area contributed by atoms with Crippen molar-refractivity contribution in [3.8, 4) is 0 Å². The first kappa shape index (κ1) is 18.3.